The maximum Gasteiger partial charge on any atom is 0.224 e. The minimum absolute atomic E-state index is 0.0310. The molecule has 2 N–H and O–H groups in total. The number of hydrogen-bond acceptors (Lipinski definition) is 2. The van der Waals surface area contributed by atoms with Crippen molar-refractivity contribution in [1.29, 1.82) is 0 Å². The molecule has 0 fully saturated rings. The summed E-state index contributed by atoms with van der Waals surface area (Å²) in [5.74, 6) is 0.0310. The number of carbonyl (C=O) groups is 1. The highest BCUT2D eigenvalue weighted by Gasteiger charge is 2.06. The average Bonchev–Trinajstić information content (AvgIpc) is 3.16. The number of aromatic amines is 1. The third-order valence-corrected chi connectivity index (χ3v) is 4.42. The van der Waals surface area contributed by atoms with Crippen molar-refractivity contribution >= 4 is 16.9 Å². The summed E-state index contributed by atoms with van der Waals surface area (Å²) in [7, 11) is 0. The van der Waals surface area contributed by atoms with E-state index in [-0.39, 0.29) is 5.91 Å². The van der Waals surface area contributed by atoms with Crippen molar-refractivity contribution in [3.05, 3.63) is 90.3 Å². The summed E-state index contributed by atoms with van der Waals surface area (Å²) >= 11 is 0. The number of hydrogen-bond donors (Lipinski definition) is 2. The van der Waals surface area contributed by atoms with Crippen LogP contribution in [-0.2, 0) is 17.8 Å². The van der Waals surface area contributed by atoms with Crippen LogP contribution in [-0.4, -0.2) is 15.9 Å². The van der Waals surface area contributed by atoms with E-state index in [1.807, 2.05) is 54.9 Å². The molecule has 0 aliphatic heterocycles. The van der Waals surface area contributed by atoms with Crippen LogP contribution in [0.5, 0.6) is 0 Å². The van der Waals surface area contributed by atoms with Gasteiger partial charge in [0.1, 0.15) is 5.65 Å². The molecule has 0 radical (unpaired) electrons. The van der Waals surface area contributed by atoms with Gasteiger partial charge in [0.05, 0.1) is 6.42 Å². The van der Waals surface area contributed by atoms with Crippen LogP contribution in [0.4, 0.5) is 0 Å². The summed E-state index contributed by atoms with van der Waals surface area (Å²) in [6.07, 6.45) is 4.12. The second-order valence-electron chi connectivity index (χ2n) is 6.23. The molecule has 0 saturated carbocycles. The second kappa shape index (κ2) is 7.23. The van der Waals surface area contributed by atoms with Crippen LogP contribution in [0.3, 0.4) is 0 Å². The summed E-state index contributed by atoms with van der Waals surface area (Å²) in [4.78, 5) is 19.5. The van der Waals surface area contributed by atoms with Crippen LogP contribution < -0.4 is 5.32 Å². The Hall–Kier alpha value is -3.40. The molecule has 2 aromatic carbocycles. The first-order chi connectivity index (χ1) is 12.8. The van der Waals surface area contributed by atoms with Crippen LogP contribution in [0, 0.1) is 0 Å². The number of pyridine rings is 1. The average molecular weight is 341 g/mol. The third-order valence-electron chi connectivity index (χ3n) is 4.42. The molecule has 4 rings (SSSR count). The van der Waals surface area contributed by atoms with Crippen LogP contribution in [0.2, 0.25) is 0 Å². The molecule has 2 aromatic heterocycles. The molecule has 4 nitrogen and oxygen atoms in total. The number of aromatic nitrogens is 2. The minimum Gasteiger partial charge on any atom is -0.352 e. The van der Waals surface area contributed by atoms with E-state index in [4.69, 9.17) is 0 Å². The lowest BCUT2D eigenvalue weighted by Crippen LogP contribution is -2.24. The summed E-state index contributed by atoms with van der Waals surface area (Å²) in [6, 6.07) is 22.1. The van der Waals surface area contributed by atoms with Gasteiger partial charge in [0.15, 0.2) is 0 Å². The molecule has 0 aliphatic carbocycles. The second-order valence-corrected chi connectivity index (χ2v) is 6.23. The van der Waals surface area contributed by atoms with Gasteiger partial charge in [0, 0.05) is 24.3 Å². The Morgan fingerprint density at radius 1 is 0.923 bits per heavy atom. The fourth-order valence-electron chi connectivity index (χ4n) is 3.06. The normalized spacial score (nSPS) is 10.8. The summed E-state index contributed by atoms with van der Waals surface area (Å²) in [5, 5.41) is 4.09. The number of carbonyl (C=O) groups excluding carboxylic acids is 1. The van der Waals surface area contributed by atoms with Crippen LogP contribution in [0.15, 0.2) is 79.1 Å². The van der Waals surface area contributed by atoms with Gasteiger partial charge in [0.2, 0.25) is 5.91 Å². The first-order valence-corrected chi connectivity index (χ1v) is 8.61. The lowest BCUT2D eigenvalue weighted by Gasteiger charge is -2.08. The Bertz CT molecular complexity index is 1020. The lowest BCUT2D eigenvalue weighted by molar-refractivity contribution is -0.120. The van der Waals surface area contributed by atoms with Gasteiger partial charge >= 0.3 is 0 Å². The molecule has 4 aromatic rings. The number of H-pyrrole nitrogens is 1. The first kappa shape index (κ1) is 16.1. The van der Waals surface area contributed by atoms with Gasteiger partial charge in [-0.05, 0) is 34.4 Å². The topological polar surface area (TPSA) is 57.8 Å². The van der Waals surface area contributed by atoms with E-state index in [9.17, 15) is 4.79 Å². The molecule has 0 aliphatic rings. The molecule has 0 saturated heterocycles. The van der Waals surface area contributed by atoms with Crippen molar-refractivity contribution in [2.45, 2.75) is 13.0 Å². The highest BCUT2D eigenvalue weighted by Crippen LogP contribution is 2.27. The minimum atomic E-state index is 0.0310. The Balaban J connectivity index is 1.42. The van der Waals surface area contributed by atoms with Crippen molar-refractivity contribution in [1.82, 2.24) is 15.3 Å². The van der Waals surface area contributed by atoms with E-state index in [0.717, 1.165) is 33.3 Å². The van der Waals surface area contributed by atoms with E-state index in [1.165, 1.54) is 0 Å². The summed E-state index contributed by atoms with van der Waals surface area (Å²) in [5.41, 5.74) is 5.27. The zero-order valence-corrected chi connectivity index (χ0v) is 14.3. The van der Waals surface area contributed by atoms with Gasteiger partial charge < -0.3 is 10.3 Å². The molecule has 0 atom stereocenters. The van der Waals surface area contributed by atoms with E-state index in [0.29, 0.717) is 13.0 Å². The predicted molar refractivity (Wildman–Crippen MR) is 104 cm³/mol. The standard InChI is InChI=1S/C22H19N3O/c26-21(14-16-4-2-1-3-5-16)25-15-17-6-8-18(9-7-17)19-10-12-23-22-20(19)11-13-24-22/h1-13H,14-15H2,(H,23,24)(H,25,26). The maximum absolute atomic E-state index is 12.1. The summed E-state index contributed by atoms with van der Waals surface area (Å²) < 4.78 is 0. The lowest BCUT2D eigenvalue weighted by atomic mass is 10.0. The zero-order chi connectivity index (χ0) is 17.8. The van der Waals surface area contributed by atoms with Crippen molar-refractivity contribution in [3.8, 4) is 11.1 Å². The van der Waals surface area contributed by atoms with Gasteiger partial charge in [-0.15, -0.1) is 0 Å². The number of amides is 1. The molecular weight excluding hydrogens is 322 g/mol. The molecule has 1 amide bonds. The predicted octanol–water partition coefficient (Wildman–Crippen LogP) is 4.09. The Labute approximate surface area is 151 Å². The van der Waals surface area contributed by atoms with Crippen molar-refractivity contribution in [2.24, 2.45) is 0 Å². The number of rotatable bonds is 5. The van der Waals surface area contributed by atoms with Gasteiger partial charge in [-0.2, -0.15) is 0 Å². The number of benzene rings is 2. The number of nitrogens with one attached hydrogen (secondary N) is 2. The zero-order valence-electron chi connectivity index (χ0n) is 14.3. The van der Waals surface area contributed by atoms with Gasteiger partial charge in [-0.1, -0.05) is 54.6 Å². The molecule has 0 bridgehead atoms. The van der Waals surface area contributed by atoms with Crippen molar-refractivity contribution in [3.63, 3.8) is 0 Å². The van der Waals surface area contributed by atoms with Crippen LogP contribution in [0.1, 0.15) is 11.1 Å². The monoisotopic (exact) mass is 341 g/mol. The third kappa shape index (κ3) is 3.49. The molecular formula is C22H19N3O. The smallest absolute Gasteiger partial charge is 0.224 e. The molecule has 4 heteroatoms. The summed E-state index contributed by atoms with van der Waals surface area (Å²) in [6.45, 7) is 0.530. The molecule has 0 spiro atoms. The molecule has 0 unspecified atom stereocenters. The highest BCUT2D eigenvalue weighted by atomic mass is 16.1. The fourth-order valence-corrected chi connectivity index (χ4v) is 3.06. The SMILES string of the molecule is O=C(Cc1ccccc1)NCc1ccc(-c2ccnc3[nH]ccc23)cc1. The highest BCUT2D eigenvalue weighted by molar-refractivity contribution is 5.92. The van der Waals surface area contributed by atoms with E-state index < -0.39 is 0 Å². The van der Waals surface area contributed by atoms with E-state index in [2.05, 4.69) is 39.6 Å². The van der Waals surface area contributed by atoms with Crippen LogP contribution in [0.25, 0.3) is 22.2 Å². The maximum atomic E-state index is 12.1. The van der Waals surface area contributed by atoms with E-state index in [1.54, 1.807) is 0 Å². The fraction of sp³-hybridized carbons (Fsp3) is 0.0909. The van der Waals surface area contributed by atoms with Crippen molar-refractivity contribution in [2.75, 3.05) is 0 Å². The van der Waals surface area contributed by atoms with Crippen molar-refractivity contribution < 1.29 is 4.79 Å². The van der Waals surface area contributed by atoms with Gasteiger partial charge in [-0.25, -0.2) is 4.98 Å². The molecule has 2 heterocycles. The molecule has 26 heavy (non-hydrogen) atoms. The Morgan fingerprint density at radius 3 is 2.54 bits per heavy atom. The largest absolute Gasteiger partial charge is 0.352 e. The first-order valence-electron chi connectivity index (χ1n) is 8.61. The molecule has 128 valence electrons. The Morgan fingerprint density at radius 2 is 1.73 bits per heavy atom. The Kier molecular flexibility index (Phi) is 4.48. The number of fused-ring (bicyclic) bond motifs is 1. The van der Waals surface area contributed by atoms with Crippen LogP contribution >= 0.6 is 0 Å². The quantitative estimate of drug-likeness (QED) is 0.574. The van der Waals surface area contributed by atoms with Gasteiger partial charge in [0.25, 0.3) is 0 Å². The van der Waals surface area contributed by atoms with E-state index >= 15 is 0 Å². The number of nitrogens with zero attached hydrogens (tertiary/aromatic N) is 1. The van der Waals surface area contributed by atoms with Gasteiger partial charge in [-0.3, -0.25) is 4.79 Å².